The minimum absolute atomic E-state index is 0.110. The fourth-order valence-corrected chi connectivity index (χ4v) is 4.25. The number of amides is 1. The molecule has 34 heavy (non-hydrogen) atoms. The molecule has 4 rings (SSSR count). The van der Waals surface area contributed by atoms with Crippen LogP contribution in [-0.2, 0) is 6.18 Å². The quantitative estimate of drug-likeness (QED) is 0.415. The number of aryl methyl sites for hydroxylation is 1. The van der Waals surface area contributed by atoms with Crippen molar-refractivity contribution < 1.29 is 22.9 Å². The number of pyridine rings is 1. The van der Waals surface area contributed by atoms with Crippen LogP contribution >= 0.6 is 0 Å². The van der Waals surface area contributed by atoms with E-state index < -0.39 is 22.4 Å². The van der Waals surface area contributed by atoms with Gasteiger partial charge in [0.25, 0.3) is 11.6 Å². The van der Waals surface area contributed by atoms with Crippen molar-refractivity contribution in [2.24, 2.45) is 0 Å². The van der Waals surface area contributed by atoms with Crippen molar-refractivity contribution in [3.8, 4) is 5.82 Å². The minimum Gasteiger partial charge on any atom is -0.362 e. The number of nitro benzene ring substituents is 1. The van der Waals surface area contributed by atoms with Gasteiger partial charge in [-0.2, -0.15) is 13.2 Å². The number of carbonyl (C=O) groups excluding carboxylic acids is 1. The number of benzene rings is 1. The van der Waals surface area contributed by atoms with Crippen molar-refractivity contribution in [1.29, 1.82) is 0 Å². The molecule has 0 bridgehead atoms. The van der Waals surface area contributed by atoms with E-state index in [-0.39, 0.29) is 37.8 Å². The molecule has 1 amide bonds. The van der Waals surface area contributed by atoms with Crippen molar-refractivity contribution >= 4 is 17.3 Å². The standard InChI is InChI=1S/C23H22F3N5O3/c1-15-13-18(16(2)30(15)21-5-3-4-8-27-21)22(32)29-11-9-28(10-12-29)19-7-6-17(23(24,25)26)14-20(19)31(33)34/h3-8,13-14H,9-12H2,1-2H3. The molecule has 3 heterocycles. The third-order valence-corrected chi connectivity index (χ3v) is 5.95. The van der Waals surface area contributed by atoms with Crippen molar-refractivity contribution in [3.05, 3.63) is 81.3 Å². The van der Waals surface area contributed by atoms with Crippen molar-refractivity contribution in [2.45, 2.75) is 20.0 Å². The first-order valence-electron chi connectivity index (χ1n) is 10.6. The van der Waals surface area contributed by atoms with Gasteiger partial charge >= 0.3 is 6.18 Å². The smallest absolute Gasteiger partial charge is 0.362 e. The predicted octanol–water partition coefficient (Wildman–Crippen LogP) is 4.38. The fraction of sp³-hybridized carbons (Fsp3) is 0.304. The van der Waals surface area contributed by atoms with E-state index in [4.69, 9.17) is 0 Å². The van der Waals surface area contributed by atoms with E-state index in [0.717, 1.165) is 23.5 Å². The van der Waals surface area contributed by atoms with Crippen LogP contribution in [0.5, 0.6) is 0 Å². The van der Waals surface area contributed by atoms with E-state index in [1.807, 2.05) is 36.6 Å². The zero-order valence-corrected chi connectivity index (χ0v) is 18.5. The molecule has 1 aliphatic rings. The zero-order valence-electron chi connectivity index (χ0n) is 18.5. The van der Waals surface area contributed by atoms with Crippen molar-refractivity contribution in [2.75, 3.05) is 31.1 Å². The molecule has 1 saturated heterocycles. The van der Waals surface area contributed by atoms with Crippen LogP contribution in [0.1, 0.15) is 27.3 Å². The third kappa shape index (κ3) is 4.33. The molecule has 0 saturated carbocycles. The van der Waals surface area contributed by atoms with Crippen LogP contribution in [0.4, 0.5) is 24.5 Å². The molecule has 8 nitrogen and oxygen atoms in total. The number of anilines is 1. The maximum atomic E-state index is 13.2. The van der Waals surface area contributed by atoms with Gasteiger partial charge in [0.05, 0.1) is 16.1 Å². The number of hydrogen-bond acceptors (Lipinski definition) is 5. The van der Waals surface area contributed by atoms with Gasteiger partial charge in [0.2, 0.25) is 0 Å². The van der Waals surface area contributed by atoms with E-state index >= 15 is 0 Å². The van der Waals surface area contributed by atoms with Crippen LogP contribution in [0, 0.1) is 24.0 Å². The summed E-state index contributed by atoms with van der Waals surface area (Å²) in [5.74, 6) is 0.535. The maximum Gasteiger partial charge on any atom is 0.416 e. The molecule has 11 heteroatoms. The summed E-state index contributed by atoms with van der Waals surface area (Å²) in [7, 11) is 0. The van der Waals surface area contributed by atoms with E-state index in [1.165, 1.54) is 0 Å². The maximum absolute atomic E-state index is 13.2. The Balaban J connectivity index is 1.52. The number of aromatic nitrogens is 2. The number of halogens is 3. The lowest BCUT2D eigenvalue weighted by Gasteiger charge is -2.36. The summed E-state index contributed by atoms with van der Waals surface area (Å²) in [6.45, 7) is 4.82. The molecule has 1 aromatic carbocycles. The third-order valence-electron chi connectivity index (χ3n) is 5.95. The molecule has 0 N–H and O–H groups in total. The Kier molecular flexibility index (Phi) is 6.03. The molecule has 0 aliphatic carbocycles. The van der Waals surface area contributed by atoms with Gasteiger partial charge in [0.15, 0.2) is 0 Å². The Labute approximate surface area is 193 Å². The summed E-state index contributed by atoms with van der Waals surface area (Å²) in [5, 5.41) is 11.4. The number of carbonyl (C=O) groups is 1. The van der Waals surface area contributed by atoms with E-state index in [0.29, 0.717) is 17.4 Å². The van der Waals surface area contributed by atoms with Crippen LogP contribution in [-0.4, -0.2) is 51.5 Å². The highest BCUT2D eigenvalue weighted by atomic mass is 19.4. The summed E-state index contributed by atoms with van der Waals surface area (Å²) in [6, 6.07) is 9.85. The summed E-state index contributed by atoms with van der Waals surface area (Å²) >= 11 is 0. The highest BCUT2D eigenvalue weighted by Gasteiger charge is 2.34. The largest absolute Gasteiger partial charge is 0.416 e. The Morgan fingerprint density at radius 2 is 1.76 bits per heavy atom. The monoisotopic (exact) mass is 473 g/mol. The van der Waals surface area contributed by atoms with Crippen LogP contribution < -0.4 is 4.90 Å². The second-order valence-corrected chi connectivity index (χ2v) is 8.05. The van der Waals surface area contributed by atoms with Crippen LogP contribution in [0.25, 0.3) is 5.82 Å². The summed E-state index contributed by atoms with van der Waals surface area (Å²) < 4.78 is 40.9. The Hall–Kier alpha value is -3.89. The predicted molar refractivity (Wildman–Crippen MR) is 119 cm³/mol. The molecular formula is C23H22F3N5O3. The lowest BCUT2D eigenvalue weighted by Crippen LogP contribution is -2.49. The number of hydrogen-bond donors (Lipinski definition) is 0. The van der Waals surface area contributed by atoms with Gasteiger partial charge in [-0.15, -0.1) is 0 Å². The van der Waals surface area contributed by atoms with Gasteiger partial charge < -0.3 is 14.4 Å². The molecule has 0 atom stereocenters. The molecule has 178 valence electrons. The summed E-state index contributed by atoms with van der Waals surface area (Å²) in [4.78, 5) is 31.5. The van der Waals surface area contributed by atoms with Crippen LogP contribution in [0.15, 0.2) is 48.7 Å². The molecule has 1 fully saturated rings. The molecule has 0 radical (unpaired) electrons. The Bertz CT molecular complexity index is 1230. The molecule has 0 spiro atoms. The fourth-order valence-electron chi connectivity index (χ4n) is 4.25. The highest BCUT2D eigenvalue weighted by Crippen LogP contribution is 2.37. The van der Waals surface area contributed by atoms with Gasteiger partial charge in [-0.3, -0.25) is 14.9 Å². The van der Waals surface area contributed by atoms with Gasteiger partial charge in [0, 0.05) is 49.8 Å². The summed E-state index contributed by atoms with van der Waals surface area (Å²) in [6.07, 6.45) is -2.99. The van der Waals surface area contributed by atoms with Gasteiger partial charge in [-0.05, 0) is 44.2 Å². The molecule has 1 aliphatic heterocycles. The Morgan fingerprint density at radius 3 is 2.35 bits per heavy atom. The van der Waals surface area contributed by atoms with Crippen molar-refractivity contribution in [3.63, 3.8) is 0 Å². The minimum atomic E-state index is -4.67. The first kappa shape index (κ1) is 23.3. The molecule has 3 aromatic rings. The van der Waals surface area contributed by atoms with Gasteiger partial charge in [-0.25, -0.2) is 4.98 Å². The van der Waals surface area contributed by atoms with E-state index in [1.54, 1.807) is 22.1 Å². The van der Waals surface area contributed by atoms with Crippen LogP contribution in [0.2, 0.25) is 0 Å². The molecule has 0 unspecified atom stereocenters. The van der Waals surface area contributed by atoms with E-state index in [2.05, 4.69) is 4.98 Å². The molecular weight excluding hydrogens is 451 g/mol. The first-order valence-corrected chi connectivity index (χ1v) is 10.6. The number of alkyl halides is 3. The molecule has 2 aromatic heterocycles. The van der Waals surface area contributed by atoms with Gasteiger partial charge in [0.1, 0.15) is 11.5 Å². The normalized spacial score (nSPS) is 14.4. The highest BCUT2D eigenvalue weighted by molar-refractivity contribution is 5.96. The average molecular weight is 473 g/mol. The number of piperazine rings is 1. The lowest BCUT2D eigenvalue weighted by molar-refractivity contribution is -0.384. The van der Waals surface area contributed by atoms with E-state index in [9.17, 15) is 28.1 Å². The van der Waals surface area contributed by atoms with Crippen LogP contribution in [0.3, 0.4) is 0 Å². The van der Waals surface area contributed by atoms with Gasteiger partial charge in [-0.1, -0.05) is 6.07 Å². The lowest BCUT2D eigenvalue weighted by atomic mass is 10.1. The first-order chi connectivity index (χ1) is 16.1. The summed E-state index contributed by atoms with van der Waals surface area (Å²) in [5.41, 5.74) is 0.588. The van der Waals surface area contributed by atoms with Crippen molar-refractivity contribution in [1.82, 2.24) is 14.5 Å². The number of rotatable bonds is 4. The second kappa shape index (κ2) is 8.81. The topological polar surface area (TPSA) is 84.5 Å². The number of nitro groups is 1. The average Bonchev–Trinajstić information content (AvgIpc) is 3.12. The zero-order chi connectivity index (χ0) is 24.6. The SMILES string of the molecule is Cc1cc(C(=O)N2CCN(c3ccc(C(F)(F)F)cc3[N+](=O)[O-])CC2)c(C)n1-c1ccccn1. The Morgan fingerprint density at radius 1 is 1.06 bits per heavy atom. The number of nitrogens with zero attached hydrogens (tertiary/aromatic N) is 5. The second-order valence-electron chi connectivity index (χ2n) is 8.05.